The van der Waals surface area contributed by atoms with Crippen LogP contribution in [0.3, 0.4) is 0 Å². The number of ether oxygens (including phenoxy) is 2. The second-order valence-electron chi connectivity index (χ2n) is 3.69. The third kappa shape index (κ3) is 4.59. The Labute approximate surface area is 116 Å². The fraction of sp³-hybridized carbons (Fsp3) is 0.308. The zero-order valence-electron chi connectivity index (χ0n) is 11.0. The number of amides is 1. The summed E-state index contributed by atoms with van der Waals surface area (Å²) >= 11 is 0. The third-order valence-electron chi connectivity index (χ3n) is 2.23. The standard InChI is InChI=1S/C13H15N3O4/c1-2-19-13(18)11(15)12(17)16-9-4-3-5-10(8-9)20-7-6-14/h3-5,8,11H,2,7,15H2,1H3,(H,16,17). The summed E-state index contributed by atoms with van der Waals surface area (Å²) in [5.74, 6) is -1.04. The number of benzene rings is 1. The number of esters is 1. The summed E-state index contributed by atoms with van der Waals surface area (Å²) in [4.78, 5) is 23.0. The topological polar surface area (TPSA) is 114 Å². The van der Waals surface area contributed by atoms with Gasteiger partial charge in [0, 0.05) is 11.8 Å². The molecule has 0 aliphatic rings. The van der Waals surface area contributed by atoms with Crippen molar-refractivity contribution >= 4 is 17.6 Å². The second-order valence-corrected chi connectivity index (χ2v) is 3.69. The van der Waals surface area contributed by atoms with Crippen molar-refractivity contribution in [3.05, 3.63) is 24.3 Å². The minimum atomic E-state index is -1.39. The molecule has 1 amide bonds. The van der Waals surface area contributed by atoms with Gasteiger partial charge in [0.05, 0.1) is 6.61 Å². The molecule has 7 heteroatoms. The number of nitrogens with one attached hydrogen (secondary N) is 1. The molecule has 0 saturated heterocycles. The van der Waals surface area contributed by atoms with E-state index in [1.165, 1.54) is 6.07 Å². The van der Waals surface area contributed by atoms with Crippen molar-refractivity contribution in [3.63, 3.8) is 0 Å². The van der Waals surface area contributed by atoms with Gasteiger partial charge < -0.3 is 20.5 Å². The zero-order valence-corrected chi connectivity index (χ0v) is 11.0. The minimum Gasteiger partial charge on any atom is -0.479 e. The van der Waals surface area contributed by atoms with Gasteiger partial charge in [-0.05, 0) is 19.1 Å². The Bertz CT molecular complexity index is 525. The molecule has 106 valence electrons. The molecule has 0 spiro atoms. The van der Waals surface area contributed by atoms with Gasteiger partial charge in [-0.3, -0.25) is 4.79 Å². The van der Waals surface area contributed by atoms with Crippen LogP contribution >= 0.6 is 0 Å². The van der Waals surface area contributed by atoms with Crippen molar-refractivity contribution < 1.29 is 19.1 Å². The fourth-order valence-corrected chi connectivity index (χ4v) is 1.34. The van der Waals surface area contributed by atoms with Crippen molar-refractivity contribution in [2.75, 3.05) is 18.5 Å². The summed E-state index contributed by atoms with van der Waals surface area (Å²) < 4.78 is 9.74. The number of nitrogens with two attached hydrogens (primary N) is 1. The van der Waals surface area contributed by atoms with Crippen LogP contribution in [-0.2, 0) is 14.3 Å². The number of hydrogen-bond acceptors (Lipinski definition) is 6. The number of carbonyl (C=O) groups excluding carboxylic acids is 2. The number of anilines is 1. The van der Waals surface area contributed by atoms with Gasteiger partial charge in [-0.25, -0.2) is 4.79 Å². The summed E-state index contributed by atoms with van der Waals surface area (Å²) in [6.45, 7) is 1.68. The van der Waals surface area contributed by atoms with Gasteiger partial charge in [-0.1, -0.05) is 6.07 Å². The highest BCUT2D eigenvalue weighted by molar-refractivity contribution is 6.08. The van der Waals surface area contributed by atoms with E-state index in [0.717, 1.165) is 0 Å². The van der Waals surface area contributed by atoms with E-state index in [1.54, 1.807) is 25.1 Å². The Morgan fingerprint density at radius 3 is 2.90 bits per heavy atom. The molecule has 20 heavy (non-hydrogen) atoms. The quantitative estimate of drug-likeness (QED) is 0.575. The fourth-order valence-electron chi connectivity index (χ4n) is 1.34. The monoisotopic (exact) mass is 277 g/mol. The molecule has 1 aromatic rings. The Morgan fingerprint density at radius 2 is 2.25 bits per heavy atom. The van der Waals surface area contributed by atoms with E-state index in [4.69, 9.17) is 15.7 Å². The molecule has 0 aliphatic heterocycles. The van der Waals surface area contributed by atoms with Gasteiger partial charge in [-0.2, -0.15) is 5.26 Å². The Morgan fingerprint density at radius 1 is 1.50 bits per heavy atom. The van der Waals surface area contributed by atoms with Crippen molar-refractivity contribution in [1.82, 2.24) is 0 Å². The van der Waals surface area contributed by atoms with Crippen molar-refractivity contribution in [2.45, 2.75) is 13.0 Å². The number of nitriles is 1. The zero-order chi connectivity index (χ0) is 15.0. The number of hydrogen-bond donors (Lipinski definition) is 2. The first-order valence-corrected chi connectivity index (χ1v) is 5.91. The molecule has 0 bridgehead atoms. The van der Waals surface area contributed by atoms with Crippen LogP contribution in [0.15, 0.2) is 24.3 Å². The second kappa shape index (κ2) is 7.76. The van der Waals surface area contributed by atoms with Gasteiger partial charge >= 0.3 is 5.97 Å². The van der Waals surface area contributed by atoms with Gasteiger partial charge in [0.1, 0.15) is 11.8 Å². The van der Waals surface area contributed by atoms with E-state index in [9.17, 15) is 9.59 Å². The maximum absolute atomic E-state index is 11.7. The predicted molar refractivity (Wildman–Crippen MR) is 70.8 cm³/mol. The first-order valence-electron chi connectivity index (χ1n) is 5.91. The van der Waals surface area contributed by atoms with Crippen LogP contribution in [0.25, 0.3) is 0 Å². The molecule has 0 radical (unpaired) electrons. The maximum atomic E-state index is 11.7. The van der Waals surface area contributed by atoms with Crippen LogP contribution in [0, 0.1) is 11.3 Å². The Hall–Kier alpha value is -2.59. The number of carbonyl (C=O) groups is 2. The average Bonchev–Trinajstić information content (AvgIpc) is 2.44. The Kier molecular flexibility index (Phi) is 6.00. The highest BCUT2D eigenvalue weighted by Crippen LogP contribution is 2.17. The molecular formula is C13H15N3O4. The first-order chi connectivity index (χ1) is 9.58. The number of rotatable bonds is 6. The van der Waals surface area contributed by atoms with E-state index in [-0.39, 0.29) is 13.2 Å². The van der Waals surface area contributed by atoms with Gasteiger partial charge in [0.15, 0.2) is 12.6 Å². The SMILES string of the molecule is CCOC(=O)C(N)C(=O)Nc1cccc(OCC#N)c1. The molecule has 7 nitrogen and oxygen atoms in total. The van der Waals surface area contributed by atoms with Crippen molar-refractivity contribution in [1.29, 1.82) is 5.26 Å². The average molecular weight is 277 g/mol. The summed E-state index contributed by atoms with van der Waals surface area (Å²) in [5, 5.41) is 10.9. The van der Waals surface area contributed by atoms with E-state index in [2.05, 4.69) is 10.1 Å². The molecular weight excluding hydrogens is 262 g/mol. The lowest BCUT2D eigenvalue weighted by Gasteiger charge is -2.11. The maximum Gasteiger partial charge on any atom is 0.332 e. The van der Waals surface area contributed by atoms with Crippen molar-refractivity contribution in [3.8, 4) is 11.8 Å². The molecule has 0 fully saturated rings. The lowest BCUT2D eigenvalue weighted by molar-refractivity contribution is -0.146. The molecule has 1 unspecified atom stereocenters. The molecule has 3 N–H and O–H groups in total. The largest absolute Gasteiger partial charge is 0.479 e. The first kappa shape index (κ1) is 15.5. The van der Waals surface area contributed by atoms with Crippen LogP contribution in [0.2, 0.25) is 0 Å². The summed E-state index contributed by atoms with van der Waals surface area (Å²) in [6, 6.07) is 6.84. The highest BCUT2D eigenvalue weighted by atomic mass is 16.5. The van der Waals surface area contributed by atoms with E-state index >= 15 is 0 Å². The number of nitrogens with zero attached hydrogens (tertiary/aromatic N) is 1. The highest BCUT2D eigenvalue weighted by Gasteiger charge is 2.23. The molecule has 1 rings (SSSR count). The van der Waals surface area contributed by atoms with Crippen LogP contribution in [0.1, 0.15) is 6.92 Å². The lowest BCUT2D eigenvalue weighted by atomic mass is 10.2. The van der Waals surface area contributed by atoms with E-state index in [0.29, 0.717) is 11.4 Å². The normalized spacial score (nSPS) is 11.1. The minimum absolute atomic E-state index is 0.0975. The van der Waals surface area contributed by atoms with Crippen LogP contribution < -0.4 is 15.8 Å². The van der Waals surface area contributed by atoms with Crippen molar-refractivity contribution in [2.24, 2.45) is 5.73 Å². The van der Waals surface area contributed by atoms with Crippen LogP contribution in [-0.4, -0.2) is 31.1 Å². The molecule has 0 saturated carbocycles. The van der Waals surface area contributed by atoms with E-state index < -0.39 is 17.9 Å². The van der Waals surface area contributed by atoms with Gasteiger partial charge in [-0.15, -0.1) is 0 Å². The Balaban J connectivity index is 2.66. The third-order valence-corrected chi connectivity index (χ3v) is 2.23. The predicted octanol–water partition coefficient (Wildman–Crippen LogP) is 0.418. The molecule has 0 heterocycles. The molecule has 0 aromatic heterocycles. The van der Waals surface area contributed by atoms with Crippen LogP contribution in [0.4, 0.5) is 5.69 Å². The summed E-state index contributed by atoms with van der Waals surface area (Å²) in [6.07, 6.45) is 0. The lowest BCUT2D eigenvalue weighted by Crippen LogP contribution is -2.43. The molecule has 0 aliphatic carbocycles. The van der Waals surface area contributed by atoms with Gasteiger partial charge in [0.25, 0.3) is 5.91 Å². The van der Waals surface area contributed by atoms with E-state index in [1.807, 2.05) is 6.07 Å². The summed E-state index contributed by atoms with van der Waals surface area (Å²) in [7, 11) is 0. The smallest absolute Gasteiger partial charge is 0.332 e. The molecule has 1 aromatic carbocycles. The van der Waals surface area contributed by atoms with Crippen LogP contribution in [0.5, 0.6) is 5.75 Å². The van der Waals surface area contributed by atoms with Gasteiger partial charge in [0.2, 0.25) is 0 Å². The summed E-state index contributed by atoms with van der Waals surface area (Å²) in [5.41, 5.74) is 5.86. The molecule has 1 atom stereocenters.